The number of β-amino-alcohol motifs (C(OH)–C–C–N with tert-alkyl or cyclic N) is 2. The molecule has 1 aromatic heterocycles. The molecule has 1 aromatic rings. The molecule has 2 heterocycles. The van der Waals surface area contributed by atoms with E-state index < -0.39 is 12.2 Å². The van der Waals surface area contributed by atoms with E-state index in [9.17, 15) is 10.2 Å². The smallest absolute Gasteiger partial charge is 0.173 e. The summed E-state index contributed by atoms with van der Waals surface area (Å²) in [6.45, 7) is 0.581. The van der Waals surface area contributed by atoms with Gasteiger partial charge in [0.25, 0.3) is 0 Å². The molecule has 5 N–H and O–H groups in total. The maximum Gasteiger partial charge on any atom is 0.173 e. The third-order valence-electron chi connectivity index (χ3n) is 4.22. The zero-order chi connectivity index (χ0) is 15.0. The summed E-state index contributed by atoms with van der Waals surface area (Å²) in [5.41, 5.74) is 8.49. The van der Waals surface area contributed by atoms with Gasteiger partial charge in [0.1, 0.15) is 5.82 Å². The number of pyridine rings is 1. The quantitative estimate of drug-likeness (QED) is 0.255. The summed E-state index contributed by atoms with van der Waals surface area (Å²) in [6.07, 6.45) is 2.47. The number of fused-ring (bicyclic) bond motifs is 1. The van der Waals surface area contributed by atoms with Gasteiger partial charge in [-0.3, -0.25) is 0 Å². The fraction of sp³-hybridized carbons (Fsp3) is 0.571. The van der Waals surface area contributed by atoms with Crippen LogP contribution in [0.4, 0.5) is 5.82 Å². The molecule has 7 heteroatoms. The largest absolute Gasteiger partial charge is 0.409 e. The molecule has 1 saturated heterocycles. The second-order valence-electron chi connectivity index (χ2n) is 5.70. The van der Waals surface area contributed by atoms with Gasteiger partial charge in [-0.1, -0.05) is 5.16 Å². The molecule has 2 atom stereocenters. The van der Waals surface area contributed by atoms with Crippen LogP contribution in [0.1, 0.15) is 29.7 Å². The molecule has 114 valence electrons. The van der Waals surface area contributed by atoms with Crippen molar-refractivity contribution in [3.05, 3.63) is 22.9 Å². The van der Waals surface area contributed by atoms with Gasteiger partial charge in [-0.15, -0.1) is 0 Å². The van der Waals surface area contributed by atoms with E-state index in [0.29, 0.717) is 24.5 Å². The zero-order valence-corrected chi connectivity index (χ0v) is 11.7. The van der Waals surface area contributed by atoms with Crippen LogP contribution in [0.3, 0.4) is 0 Å². The number of hydrogen-bond acceptors (Lipinski definition) is 6. The second-order valence-corrected chi connectivity index (χ2v) is 5.70. The molecule has 0 spiro atoms. The third-order valence-corrected chi connectivity index (χ3v) is 4.22. The van der Waals surface area contributed by atoms with Gasteiger partial charge in [-0.2, -0.15) is 0 Å². The lowest BCUT2D eigenvalue weighted by molar-refractivity contribution is 0.0572. The Labute approximate surface area is 122 Å². The number of amidine groups is 1. The third kappa shape index (κ3) is 2.54. The van der Waals surface area contributed by atoms with Crippen LogP contribution in [0, 0.1) is 0 Å². The Balaban J connectivity index is 2.05. The summed E-state index contributed by atoms with van der Waals surface area (Å²) in [7, 11) is 0. The molecule has 21 heavy (non-hydrogen) atoms. The van der Waals surface area contributed by atoms with Gasteiger partial charge in [-0.25, -0.2) is 4.98 Å². The summed E-state index contributed by atoms with van der Waals surface area (Å²) in [5, 5.41) is 31.5. The van der Waals surface area contributed by atoms with Crippen LogP contribution in [0.25, 0.3) is 0 Å². The van der Waals surface area contributed by atoms with Gasteiger partial charge in [0.15, 0.2) is 5.84 Å². The van der Waals surface area contributed by atoms with Crippen molar-refractivity contribution in [2.75, 3.05) is 18.0 Å². The molecule has 2 aliphatic rings. The van der Waals surface area contributed by atoms with E-state index in [1.54, 1.807) is 4.90 Å². The Kier molecular flexibility index (Phi) is 3.69. The van der Waals surface area contributed by atoms with E-state index in [4.69, 9.17) is 10.9 Å². The standard InChI is InChI=1S/C14H20N4O3/c15-13(17-21)9-5-8-3-1-2-4-10(8)16-14(9)18-6-11(19)12(20)7-18/h5,11-12,19-21H,1-4,6-7H2,(H2,15,17). The number of nitrogens with zero attached hydrogens (tertiary/aromatic N) is 3. The van der Waals surface area contributed by atoms with Crippen LogP contribution in [0.2, 0.25) is 0 Å². The van der Waals surface area contributed by atoms with Gasteiger partial charge in [0, 0.05) is 18.8 Å². The lowest BCUT2D eigenvalue weighted by Gasteiger charge is -2.24. The number of aliphatic hydroxyl groups excluding tert-OH is 2. The summed E-state index contributed by atoms with van der Waals surface area (Å²) in [5.74, 6) is 0.573. The Hall–Kier alpha value is -1.86. The first-order valence-electron chi connectivity index (χ1n) is 7.22. The van der Waals surface area contributed by atoms with E-state index >= 15 is 0 Å². The molecule has 3 rings (SSSR count). The van der Waals surface area contributed by atoms with Crippen LogP contribution >= 0.6 is 0 Å². The highest BCUT2D eigenvalue weighted by atomic mass is 16.4. The number of anilines is 1. The van der Waals surface area contributed by atoms with Gasteiger partial charge < -0.3 is 26.1 Å². The van der Waals surface area contributed by atoms with Crippen molar-refractivity contribution in [3.63, 3.8) is 0 Å². The van der Waals surface area contributed by atoms with E-state index in [0.717, 1.165) is 36.9 Å². The van der Waals surface area contributed by atoms with Crippen molar-refractivity contribution < 1.29 is 15.4 Å². The maximum absolute atomic E-state index is 9.72. The number of aliphatic hydroxyl groups is 2. The van der Waals surface area contributed by atoms with Crippen LogP contribution in [0.15, 0.2) is 11.2 Å². The fourth-order valence-corrected chi connectivity index (χ4v) is 3.05. The molecule has 0 amide bonds. The minimum atomic E-state index is -0.803. The van der Waals surface area contributed by atoms with Crippen LogP contribution < -0.4 is 10.6 Å². The van der Waals surface area contributed by atoms with E-state index in [1.807, 2.05) is 6.07 Å². The highest BCUT2D eigenvalue weighted by molar-refractivity contribution is 6.01. The Bertz CT molecular complexity index is 566. The van der Waals surface area contributed by atoms with Gasteiger partial charge >= 0.3 is 0 Å². The molecule has 1 fully saturated rings. The molecule has 0 aromatic carbocycles. The molecular weight excluding hydrogens is 272 g/mol. The first kappa shape index (κ1) is 14.1. The molecule has 1 aliphatic heterocycles. The Morgan fingerprint density at radius 3 is 2.57 bits per heavy atom. The SMILES string of the molecule is N/C(=N/O)c1cc2c(nc1N1CC(O)C(O)C1)CCCC2. The average molecular weight is 292 g/mol. The molecule has 7 nitrogen and oxygen atoms in total. The number of oxime groups is 1. The van der Waals surface area contributed by atoms with Crippen molar-refractivity contribution in [3.8, 4) is 0 Å². The number of aryl methyl sites for hydroxylation is 2. The lowest BCUT2D eigenvalue weighted by atomic mass is 9.94. The lowest BCUT2D eigenvalue weighted by Crippen LogP contribution is -2.28. The van der Waals surface area contributed by atoms with Crippen LogP contribution in [-0.2, 0) is 12.8 Å². The zero-order valence-electron chi connectivity index (χ0n) is 11.7. The summed E-state index contributed by atoms with van der Waals surface area (Å²) in [6, 6.07) is 1.92. The molecule has 0 bridgehead atoms. The van der Waals surface area contributed by atoms with E-state index in [-0.39, 0.29) is 5.84 Å². The minimum absolute atomic E-state index is 0.00162. The number of rotatable bonds is 2. The highest BCUT2D eigenvalue weighted by Gasteiger charge is 2.32. The predicted molar refractivity (Wildman–Crippen MR) is 77.6 cm³/mol. The van der Waals surface area contributed by atoms with Gasteiger partial charge in [0.05, 0.1) is 17.8 Å². The Morgan fingerprint density at radius 1 is 1.24 bits per heavy atom. The van der Waals surface area contributed by atoms with E-state index in [1.165, 1.54) is 0 Å². The Morgan fingerprint density at radius 2 is 1.90 bits per heavy atom. The van der Waals surface area contributed by atoms with Crippen molar-refractivity contribution in [2.24, 2.45) is 10.9 Å². The second kappa shape index (κ2) is 5.50. The highest BCUT2D eigenvalue weighted by Crippen LogP contribution is 2.29. The summed E-state index contributed by atoms with van der Waals surface area (Å²) in [4.78, 5) is 6.45. The van der Waals surface area contributed by atoms with Crippen molar-refractivity contribution in [2.45, 2.75) is 37.9 Å². The van der Waals surface area contributed by atoms with Crippen LogP contribution in [0.5, 0.6) is 0 Å². The average Bonchev–Trinajstić information content (AvgIpc) is 2.84. The number of hydrogen-bond donors (Lipinski definition) is 4. The molecule has 1 aliphatic carbocycles. The van der Waals surface area contributed by atoms with Gasteiger partial charge in [-0.05, 0) is 37.3 Å². The van der Waals surface area contributed by atoms with Crippen molar-refractivity contribution in [1.29, 1.82) is 0 Å². The summed E-state index contributed by atoms with van der Waals surface area (Å²) < 4.78 is 0. The normalized spacial score (nSPS) is 26.0. The first-order valence-corrected chi connectivity index (χ1v) is 7.22. The molecule has 0 saturated carbocycles. The van der Waals surface area contributed by atoms with Gasteiger partial charge in [0.2, 0.25) is 0 Å². The minimum Gasteiger partial charge on any atom is -0.409 e. The summed E-state index contributed by atoms with van der Waals surface area (Å²) >= 11 is 0. The van der Waals surface area contributed by atoms with Crippen LogP contribution in [-0.4, -0.2) is 51.5 Å². The monoisotopic (exact) mass is 292 g/mol. The number of nitrogens with two attached hydrogens (primary N) is 1. The first-order chi connectivity index (χ1) is 10.1. The topological polar surface area (TPSA) is 115 Å². The van der Waals surface area contributed by atoms with Crippen molar-refractivity contribution in [1.82, 2.24) is 4.98 Å². The maximum atomic E-state index is 9.72. The molecule has 2 unspecified atom stereocenters. The molecule has 0 radical (unpaired) electrons. The fourth-order valence-electron chi connectivity index (χ4n) is 3.05. The van der Waals surface area contributed by atoms with E-state index in [2.05, 4.69) is 10.1 Å². The predicted octanol–water partition coefficient (Wildman–Crippen LogP) is -0.403. The number of aromatic nitrogens is 1. The molecular formula is C14H20N4O3. The van der Waals surface area contributed by atoms with Crippen molar-refractivity contribution >= 4 is 11.7 Å².